The van der Waals surface area contributed by atoms with Crippen LogP contribution in [0.3, 0.4) is 0 Å². The molecule has 1 amide bonds. The van der Waals surface area contributed by atoms with Crippen molar-refractivity contribution in [3.05, 3.63) is 0 Å². The van der Waals surface area contributed by atoms with Crippen molar-refractivity contribution < 1.29 is 19.7 Å². The van der Waals surface area contributed by atoms with Crippen molar-refractivity contribution >= 4 is 24.4 Å². The summed E-state index contributed by atoms with van der Waals surface area (Å²) in [6.45, 7) is -0.251. The van der Waals surface area contributed by atoms with Crippen molar-refractivity contribution in [3.8, 4) is 0 Å². The average Bonchev–Trinajstić information content (AvgIpc) is 2.93. The van der Waals surface area contributed by atoms with E-state index in [0.29, 0.717) is 12.3 Å². The lowest BCUT2D eigenvalue weighted by atomic mass is 10.2. The van der Waals surface area contributed by atoms with Crippen molar-refractivity contribution in [2.24, 2.45) is 15.0 Å². The molecular weight excluding hydrogens is 240 g/mol. The number of amides is 1. The molecule has 1 unspecified atom stereocenters. The quantitative estimate of drug-likeness (QED) is 0.599. The molecule has 2 N–H and O–H groups in total. The van der Waals surface area contributed by atoms with Gasteiger partial charge in [0.2, 0.25) is 0 Å². The molecule has 18 heavy (non-hydrogen) atoms. The van der Waals surface area contributed by atoms with E-state index in [9.17, 15) is 9.90 Å². The first kappa shape index (κ1) is 11.5. The number of aliphatic hydroxyl groups excluding tert-OH is 2. The van der Waals surface area contributed by atoms with Crippen LogP contribution in [0.1, 0.15) is 6.42 Å². The standard InChI is InChI=1S/C10H12N4O4/c15-2-6-5(16)1-7(18-6)14-4-13-8-9(14)11-3-12-10(8)17/h3-8,15-16H,1-2H2/t5-,6+,7+,8?/m0/s1. The van der Waals surface area contributed by atoms with E-state index >= 15 is 0 Å². The molecule has 3 aliphatic heterocycles. The third-order valence-corrected chi connectivity index (χ3v) is 3.15. The molecule has 1 saturated heterocycles. The Morgan fingerprint density at radius 2 is 2.39 bits per heavy atom. The van der Waals surface area contributed by atoms with Gasteiger partial charge in [0.1, 0.15) is 24.5 Å². The summed E-state index contributed by atoms with van der Waals surface area (Å²) in [5.41, 5.74) is 0. The molecule has 0 radical (unpaired) electrons. The highest BCUT2D eigenvalue weighted by molar-refractivity contribution is 6.19. The molecular formula is C10H12N4O4. The maximum atomic E-state index is 11.5. The third kappa shape index (κ3) is 1.65. The number of amidine groups is 1. The number of carbonyl (C=O) groups is 1. The van der Waals surface area contributed by atoms with Gasteiger partial charge < -0.3 is 14.9 Å². The Kier molecular flexibility index (Phi) is 2.69. The van der Waals surface area contributed by atoms with E-state index in [4.69, 9.17) is 9.84 Å². The smallest absolute Gasteiger partial charge is 0.279 e. The normalized spacial score (nSPS) is 38.2. The molecule has 3 rings (SSSR count). The number of hydrogen-bond acceptors (Lipinski definition) is 7. The number of fused-ring (bicyclic) bond motifs is 1. The van der Waals surface area contributed by atoms with Crippen LogP contribution >= 0.6 is 0 Å². The molecule has 0 aromatic carbocycles. The zero-order chi connectivity index (χ0) is 12.7. The molecule has 96 valence electrons. The first-order valence-corrected chi connectivity index (χ1v) is 5.61. The van der Waals surface area contributed by atoms with E-state index in [1.54, 1.807) is 4.90 Å². The summed E-state index contributed by atoms with van der Waals surface area (Å²) in [7, 11) is 0. The SMILES string of the molecule is O=C1N=CN=C2C1N=CN2[C@H]1C[C@H](O)[C@@H](CO)O1. The van der Waals surface area contributed by atoms with Gasteiger partial charge in [-0.2, -0.15) is 4.99 Å². The van der Waals surface area contributed by atoms with Crippen LogP contribution in [0.15, 0.2) is 15.0 Å². The van der Waals surface area contributed by atoms with Gasteiger partial charge in [0.15, 0.2) is 6.04 Å². The van der Waals surface area contributed by atoms with Crippen LogP contribution < -0.4 is 0 Å². The topological polar surface area (TPSA) is 107 Å². The monoisotopic (exact) mass is 252 g/mol. The third-order valence-electron chi connectivity index (χ3n) is 3.15. The van der Waals surface area contributed by atoms with Crippen molar-refractivity contribution in [1.29, 1.82) is 0 Å². The largest absolute Gasteiger partial charge is 0.394 e. The van der Waals surface area contributed by atoms with Crippen LogP contribution in [-0.4, -0.2) is 70.6 Å². The van der Waals surface area contributed by atoms with Crippen molar-refractivity contribution in [3.63, 3.8) is 0 Å². The van der Waals surface area contributed by atoms with Crippen molar-refractivity contribution in [2.75, 3.05) is 6.61 Å². The Labute approximate surface area is 102 Å². The molecule has 3 heterocycles. The molecule has 0 aromatic heterocycles. The van der Waals surface area contributed by atoms with Gasteiger partial charge in [0, 0.05) is 6.42 Å². The minimum Gasteiger partial charge on any atom is -0.394 e. The van der Waals surface area contributed by atoms with Gasteiger partial charge in [-0.3, -0.25) is 14.7 Å². The zero-order valence-corrected chi connectivity index (χ0v) is 9.38. The van der Waals surface area contributed by atoms with Crippen LogP contribution in [-0.2, 0) is 9.53 Å². The lowest BCUT2D eigenvalue weighted by Gasteiger charge is -2.24. The molecule has 1 fully saturated rings. The number of carbonyl (C=O) groups excluding carboxylic acids is 1. The molecule has 8 nitrogen and oxygen atoms in total. The van der Waals surface area contributed by atoms with Gasteiger partial charge in [-0.05, 0) is 0 Å². The first-order chi connectivity index (χ1) is 8.70. The summed E-state index contributed by atoms with van der Waals surface area (Å²) < 4.78 is 5.49. The van der Waals surface area contributed by atoms with Crippen LogP contribution in [0.4, 0.5) is 0 Å². The second kappa shape index (κ2) is 4.23. The molecule has 0 spiro atoms. The Morgan fingerprint density at radius 1 is 1.56 bits per heavy atom. The summed E-state index contributed by atoms with van der Waals surface area (Å²) in [5, 5.41) is 18.7. The van der Waals surface area contributed by atoms with Crippen LogP contribution in [0.2, 0.25) is 0 Å². The van der Waals surface area contributed by atoms with Crippen LogP contribution in [0, 0.1) is 0 Å². The van der Waals surface area contributed by atoms with Crippen molar-refractivity contribution in [2.45, 2.75) is 30.9 Å². The fourth-order valence-corrected chi connectivity index (χ4v) is 2.20. The van der Waals surface area contributed by atoms with Gasteiger partial charge in [-0.1, -0.05) is 0 Å². The zero-order valence-electron chi connectivity index (χ0n) is 9.38. The van der Waals surface area contributed by atoms with Gasteiger partial charge in [0.05, 0.1) is 19.0 Å². The lowest BCUT2D eigenvalue weighted by molar-refractivity contribution is -0.117. The number of ether oxygens (including phenoxy) is 1. The number of aliphatic imine (C=N–C) groups is 3. The van der Waals surface area contributed by atoms with Gasteiger partial charge in [-0.15, -0.1) is 0 Å². The highest BCUT2D eigenvalue weighted by atomic mass is 16.5. The Morgan fingerprint density at radius 3 is 3.11 bits per heavy atom. The fraction of sp³-hybridized carbons (Fsp3) is 0.600. The molecule has 8 heteroatoms. The molecule has 0 aliphatic carbocycles. The lowest BCUT2D eigenvalue weighted by Crippen LogP contribution is -2.43. The molecule has 0 bridgehead atoms. The average molecular weight is 252 g/mol. The predicted octanol–water partition coefficient (Wildman–Crippen LogP) is -1.87. The Bertz CT molecular complexity index is 461. The number of hydrogen-bond donors (Lipinski definition) is 2. The fourth-order valence-electron chi connectivity index (χ4n) is 2.20. The highest BCUT2D eigenvalue weighted by Gasteiger charge is 2.43. The molecule has 4 atom stereocenters. The first-order valence-electron chi connectivity index (χ1n) is 5.61. The van der Waals surface area contributed by atoms with E-state index in [2.05, 4.69) is 15.0 Å². The number of nitrogens with zero attached hydrogens (tertiary/aromatic N) is 4. The maximum Gasteiger partial charge on any atom is 0.279 e. The van der Waals surface area contributed by atoms with E-state index in [0.717, 1.165) is 0 Å². The van der Waals surface area contributed by atoms with Gasteiger partial charge >= 0.3 is 0 Å². The van der Waals surface area contributed by atoms with E-state index in [-0.39, 0.29) is 12.5 Å². The van der Waals surface area contributed by atoms with Gasteiger partial charge in [0.25, 0.3) is 5.91 Å². The minimum atomic E-state index is -0.735. The van der Waals surface area contributed by atoms with Crippen LogP contribution in [0.5, 0.6) is 0 Å². The molecule has 0 saturated carbocycles. The summed E-state index contributed by atoms with van der Waals surface area (Å²) in [5.74, 6) is 0.0850. The second-order valence-corrected chi connectivity index (χ2v) is 4.26. The highest BCUT2D eigenvalue weighted by Crippen LogP contribution is 2.26. The van der Waals surface area contributed by atoms with Gasteiger partial charge in [-0.25, -0.2) is 4.99 Å². The van der Waals surface area contributed by atoms with Crippen LogP contribution in [0.25, 0.3) is 0 Å². The van der Waals surface area contributed by atoms with E-state index < -0.39 is 24.5 Å². The summed E-state index contributed by atoms with van der Waals surface area (Å²) in [6, 6.07) is -0.705. The number of rotatable bonds is 2. The number of aliphatic hydroxyl groups is 2. The maximum absolute atomic E-state index is 11.5. The molecule has 0 aromatic rings. The van der Waals surface area contributed by atoms with Crippen molar-refractivity contribution in [1.82, 2.24) is 4.90 Å². The van der Waals surface area contributed by atoms with E-state index in [1.807, 2.05) is 0 Å². The summed E-state index contributed by atoms with van der Waals surface area (Å²) >= 11 is 0. The summed E-state index contributed by atoms with van der Waals surface area (Å²) in [4.78, 5) is 24.7. The minimum absolute atomic E-state index is 0.251. The molecule has 3 aliphatic rings. The summed E-state index contributed by atoms with van der Waals surface area (Å²) in [6.07, 6.45) is 1.16. The Hall–Kier alpha value is -1.64. The predicted molar refractivity (Wildman–Crippen MR) is 61.4 cm³/mol. The van der Waals surface area contributed by atoms with E-state index in [1.165, 1.54) is 12.7 Å². The Balaban J connectivity index is 1.79. The second-order valence-electron chi connectivity index (χ2n) is 4.26.